The fraction of sp³-hybridized carbons (Fsp3) is 0.379. The maximum atomic E-state index is 13.9. The number of hydrogen-bond donors (Lipinski definition) is 0. The van der Waals surface area contributed by atoms with Crippen LogP contribution in [-0.4, -0.2) is 83.0 Å². The molecule has 2 aromatic carbocycles. The van der Waals surface area contributed by atoms with Crippen LogP contribution < -0.4 is 9.64 Å². The third-order valence-corrected chi connectivity index (χ3v) is 11.4. The summed E-state index contributed by atoms with van der Waals surface area (Å²) in [6.07, 6.45) is 0. The highest BCUT2D eigenvalue weighted by molar-refractivity contribution is 7.91. The number of thiophene rings is 1. The number of piperazine rings is 1. The van der Waals surface area contributed by atoms with Gasteiger partial charge in [-0.15, -0.1) is 11.3 Å². The Labute approximate surface area is 239 Å². The number of methoxy groups -OCH3 is 2. The van der Waals surface area contributed by atoms with Gasteiger partial charge in [0.1, 0.15) is 14.8 Å². The van der Waals surface area contributed by atoms with Gasteiger partial charge >= 0.3 is 5.97 Å². The lowest BCUT2D eigenvalue weighted by atomic mass is 9.88. The van der Waals surface area contributed by atoms with Crippen molar-refractivity contribution in [3.8, 4) is 5.75 Å². The number of carbonyl (C=O) groups is 2. The van der Waals surface area contributed by atoms with E-state index >= 15 is 0 Å². The Hall–Kier alpha value is -3.41. The van der Waals surface area contributed by atoms with E-state index in [0.29, 0.717) is 31.7 Å². The van der Waals surface area contributed by atoms with Crippen molar-refractivity contribution < 1.29 is 27.5 Å². The van der Waals surface area contributed by atoms with Gasteiger partial charge in [-0.1, -0.05) is 30.3 Å². The van der Waals surface area contributed by atoms with Crippen molar-refractivity contribution >= 4 is 38.9 Å². The molecule has 0 bridgehead atoms. The fourth-order valence-electron chi connectivity index (χ4n) is 5.50. The van der Waals surface area contributed by atoms with Crippen molar-refractivity contribution in [1.82, 2.24) is 9.21 Å². The Kier molecular flexibility index (Phi) is 8.16. The van der Waals surface area contributed by atoms with Gasteiger partial charge < -0.3 is 19.3 Å². The predicted octanol–water partition coefficient (Wildman–Crippen LogP) is 3.60. The van der Waals surface area contributed by atoms with Gasteiger partial charge in [-0.3, -0.25) is 4.79 Å². The number of sulfonamides is 1. The second-order valence-electron chi connectivity index (χ2n) is 10.0. The van der Waals surface area contributed by atoms with Crippen LogP contribution >= 0.6 is 11.3 Å². The third kappa shape index (κ3) is 5.45. The molecular weight excluding hydrogens is 550 g/mol. The monoisotopic (exact) mass is 583 g/mol. The van der Waals surface area contributed by atoms with E-state index in [1.807, 2.05) is 59.5 Å². The van der Waals surface area contributed by atoms with Crippen LogP contribution in [0.1, 0.15) is 26.7 Å². The van der Waals surface area contributed by atoms with Gasteiger partial charge in [-0.25, -0.2) is 13.2 Å². The number of ether oxygens (including phenoxy) is 2. The Morgan fingerprint density at radius 2 is 1.60 bits per heavy atom. The molecule has 0 spiro atoms. The van der Waals surface area contributed by atoms with Gasteiger partial charge in [0.05, 0.1) is 20.1 Å². The van der Waals surface area contributed by atoms with Crippen LogP contribution in [0.15, 0.2) is 64.9 Å². The molecule has 0 aliphatic carbocycles. The van der Waals surface area contributed by atoms with Crippen LogP contribution in [0.4, 0.5) is 5.69 Å². The van der Waals surface area contributed by atoms with Crippen LogP contribution in [0.3, 0.4) is 0 Å². The number of benzene rings is 2. The zero-order valence-electron chi connectivity index (χ0n) is 22.8. The summed E-state index contributed by atoms with van der Waals surface area (Å²) in [5.41, 5.74) is 2.51. The van der Waals surface area contributed by atoms with E-state index in [2.05, 4.69) is 4.90 Å². The summed E-state index contributed by atoms with van der Waals surface area (Å²) < 4.78 is 39.1. The molecule has 9 nitrogen and oxygen atoms in total. The summed E-state index contributed by atoms with van der Waals surface area (Å²) in [5, 5.41) is 0. The summed E-state index contributed by atoms with van der Waals surface area (Å²) in [4.78, 5) is 30.3. The molecule has 3 heterocycles. The van der Waals surface area contributed by atoms with Crippen molar-refractivity contribution in [2.24, 2.45) is 5.92 Å². The average molecular weight is 584 g/mol. The number of anilines is 1. The van der Waals surface area contributed by atoms with Gasteiger partial charge in [0.25, 0.3) is 10.0 Å². The first-order chi connectivity index (χ1) is 19.2. The molecule has 3 aromatic rings. The van der Waals surface area contributed by atoms with E-state index in [0.717, 1.165) is 28.3 Å². The normalized spacial score (nSPS) is 20.0. The first-order valence-corrected chi connectivity index (χ1v) is 15.4. The van der Waals surface area contributed by atoms with Crippen LogP contribution in [0.2, 0.25) is 0 Å². The number of nitrogens with zero attached hydrogens (tertiary/aromatic N) is 3. The summed E-state index contributed by atoms with van der Waals surface area (Å²) in [7, 11) is -1.02. The fourth-order valence-corrected chi connectivity index (χ4v) is 8.75. The van der Waals surface area contributed by atoms with Crippen molar-refractivity contribution in [3.63, 3.8) is 0 Å². The number of esters is 1. The van der Waals surface area contributed by atoms with Gasteiger partial charge in [0.2, 0.25) is 5.91 Å². The molecule has 0 N–H and O–H groups in total. The zero-order chi connectivity index (χ0) is 28.4. The number of carbonyl (C=O) groups excluding carboxylic acids is 2. The van der Waals surface area contributed by atoms with E-state index in [1.54, 1.807) is 20.1 Å². The first-order valence-electron chi connectivity index (χ1n) is 13.1. The maximum absolute atomic E-state index is 13.9. The quantitative estimate of drug-likeness (QED) is 0.392. The largest absolute Gasteiger partial charge is 0.497 e. The minimum atomic E-state index is -3.92. The topological polar surface area (TPSA) is 96.5 Å². The Morgan fingerprint density at radius 3 is 2.23 bits per heavy atom. The molecule has 212 valence electrons. The lowest BCUT2D eigenvalue weighted by molar-refractivity contribution is -0.135. The van der Waals surface area contributed by atoms with E-state index in [4.69, 9.17) is 9.47 Å². The summed E-state index contributed by atoms with van der Waals surface area (Å²) >= 11 is 0.908. The highest BCUT2D eigenvalue weighted by atomic mass is 32.2. The molecule has 2 fully saturated rings. The van der Waals surface area contributed by atoms with Crippen LogP contribution in [0.5, 0.6) is 5.75 Å². The van der Waals surface area contributed by atoms with E-state index in [-0.39, 0.29) is 34.0 Å². The summed E-state index contributed by atoms with van der Waals surface area (Å²) in [6, 6.07) is 19.1. The Bertz CT molecular complexity index is 1470. The molecule has 5 rings (SSSR count). The van der Waals surface area contributed by atoms with Crippen molar-refractivity contribution in [3.05, 3.63) is 76.7 Å². The highest BCUT2D eigenvalue weighted by Gasteiger charge is 2.46. The minimum Gasteiger partial charge on any atom is -0.497 e. The molecule has 2 aliphatic heterocycles. The standard InChI is InChI=1S/C29H33N3O6S2/c1-20-17-26(28(34)38-3)39-29(20)40(35,36)32-18-24(21-7-5-4-6-8-21)25(19-32)27(33)31-15-13-30(14-16-31)22-9-11-23(37-2)12-10-22/h4-12,17,24-25H,13-16,18-19H2,1-3H3. The second-order valence-corrected chi connectivity index (χ2v) is 13.2. The molecular formula is C29H33N3O6S2. The maximum Gasteiger partial charge on any atom is 0.348 e. The molecule has 2 saturated heterocycles. The van der Waals surface area contributed by atoms with Crippen LogP contribution in [0.25, 0.3) is 0 Å². The molecule has 1 amide bonds. The minimum absolute atomic E-state index is 0.0286. The molecule has 40 heavy (non-hydrogen) atoms. The van der Waals surface area contributed by atoms with E-state index in [9.17, 15) is 18.0 Å². The van der Waals surface area contributed by atoms with Gasteiger partial charge in [0.15, 0.2) is 0 Å². The van der Waals surface area contributed by atoms with E-state index in [1.165, 1.54) is 11.4 Å². The molecule has 2 atom stereocenters. The lowest BCUT2D eigenvalue weighted by Crippen LogP contribution is -2.51. The van der Waals surface area contributed by atoms with Gasteiger partial charge in [-0.2, -0.15) is 4.31 Å². The number of aryl methyl sites for hydroxylation is 1. The number of amides is 1. The molecule has 2 unspecified atom stereocenters. The molecule has 0 saturated carbocycles. The second kappa shape index (κ2) is 11.6. The highest BCUT2D eigenvalue weighted by Crippen LogP contribution is 2.39. The SMILES string of the molecule is COC(=O)c1cc(C)c(S(=O)(=O)N2CC(C(=O)N3CCN(c4ccc(OC)cc4)CC3)C(c3ccccc3)C2)s1. The number of rotatable bonds is 7. The van der Waals surface area contributed by atoms with Crippen LogP contribution in [-0.2, 0) is 19.6 Å². The summed E-state index contributed by atoms with van der Waals surface area (Å²) in [5.74, 6) is -0.586. The lowest BCUT2D eigenvalue weighted by Gasteiger charge is -2.38. The number of hydrogen-bond acceptors (Lipinski definition) is 8. The smallest absolute Gasteiger partial charge is 0.348 e. The van der Waals surface area contributed by atoms with Crippen molar-refractivity contribution in [2.75, 3.05) is 58.4 Å². The molecule has 2 aliphatic rings. The molecule has 11 heteroatoms. The van der Waals surface area contributed by atoms with Crippen LogP contribution in [0, 0.1) is 12.8 Å². The molecule has 0 radical (unpaired) electrons. The van der Waals surface area contributed by atoms with Gasteiger partial charge in [-0.05, 0) is 48.4 Å². The summed E-state index contributed by atoms with van der Waals surface area (Å²) in [6.45, 7) is 4.45. The molecule has 1 aromatic heterocycles. The first kappa shape index (κ1) is 28.1. The van der Waals surface area contributed by atoms with Gasteiger partial charge in [0, 0.05) is 50.9 Å². The predicted molar refractivity (Wildman–Crippen MR) is 154 cm³/mol. The average Bonchev–Trinajstić information content (AvgIpc) is 3.62. The third-order valence-electron chi connectivity index (χ3n) is 7.69. The zero-order valence-corrected chi connectivity index (χ0v) is 24.4. The van der Waals surface area contributed by atoms with Crippen molar-refractivity contribution in [2.45, 2.75) is 17.1 Å². The van der Waals surface area contributed by atoms with Crippen molar-refractivity contribution in [1.29, 1.82) is 0 Å². The van der Waals surface area contributed by atoms with E-state index < -0.39 is 21.9 Å². The Morgan fingerprint density at radius 1 is 0.925 bits per heavy atom. The Balaban J connectivity index is 1.35.